The molecule has 0 saturated heterocycles. The van der Waals surface area contributed by atoms with Gasteiger partial charge in [0.25, 0.3) is 0 Å². The lowest BCUT2D eigenvalue weighted by Gasteiger charge is -2.15. The van der Waals surface area contributed by atoms with Gasteiger partial charge in [-0.15, -0.1) is 0 Å². The molecule has 21 heavy (non-hydrogen) atoms. The minimum absolute atomic E-state index is 0.124. The van der Waals surface area contributed by atoms with Gasteiger partial charge in [-0.25, -0.2) is 0 Å². The Morgan fingerprint density at radius 3 is 2.10 bits per heavy atom. The van der Waals surface area contributed by atoms with Crippen molar-refractivity contribution in [3.8, 4) is 0 Å². The number of nitrogens with two attached hydrogens (primary N) is 1. The van der Waals surface area contributed by atoms with E-state index in [1.165, 1.54) is 5.56 Å². The van der Waals surface area contributed by atoms with E-state index in [-0.39, 0.29) is 5.91 Å². The van der Waals surface area contributed by atoms with Gasteiger partial charge in [-0.3, -0.25) is 4.79 Å². The Bertz CT molecular complexity index is 554. The van der Waals surface area contributed by atoms with Crippen LogP contribution in [0.4, 0.5) is 0 Å². The summed E-state index contributed by atoms with van der Waals surface area (Å²) in [5.74, 6) is 0.293. The zero-order valence-corrected chi connectivity index (χ0v) is 12.3. The van der Waals surface area contributed by atoms with Gasteiger partial charge in [-0.1, -0.05) is 67.6 Å². The zero-order valence-electron chi connectivity index (χ0n) is 12.3. The van der Waals surface area contributed by atoms with E-state index in [0.717, 1.165) is 12.0 Å². The maximum absolute atomic E-state index is 12.0. The summed E-state index contributed by atoms with van der Waals surface area (Å²) >= 11 is 0. The van der Waals surface area contributed by atoms with Gasteiger partial charge in [0.05, 0.1) is 0 Å². The lowest BCUT2D eigenvalue weighted by Crippen LogP contribution is -2.34. The lowest BCUT2D eigenvalue weighted by atomic mass is 9.98. The Labute approximate surface area is 126 Å². The van der Waals surface area contributed by atoms with Crippen molar-refractivity contribution in [3.63, 3.8) is 0 Å². The van der Waals surface area contributed by atoms with Crippen LogP contribution in [0.15, 0.2) is 60.7 Å². The zero-order chi connectivity index (χ0) is 15.1. The van der Waals surface area contributed by atoms with Gasteiger partial charge in [0.1, 0.15) is 6.04 Å². The van der Waals surface area contributed by atoms with E-state index < -0.39 is 6.04 Å². The van der Waals surface area contributed by atoms with E-state index in [2.05, 4.69) is 24.4 Å². The summed E-state index contributed by atoms with van der Waals surface area (Å²) in [5.41, 5.74) is 8.08. The third-order valence-electron chi connectivity index (χ3n) is 3.69. The van der Waals surface area contributed by atoms with Crippen LogP contribution < -0.4 is 11.1 Å². The van der Waals surface area contributed by atoms with E-state index in [0.29, 0.717) is 12.5 Å². The molecular formula is C18H22N2O. The van der Waals surface area contributed by atoms with Crippen LogP contribution in [0.25, 0.3) is 0 Å². The highest BCUT2D eigenvalue weighted by Gasteiger charge is 2.15. The fourth-order valence-corrected chi connectivity index (χ4v) is 2.28. The minimum Gasteiger partial charge on any atom is -0.354 e. The molecule has 0 saturated carbocycles. The van der Waals surface area contributed by atoms with Crippen LogP contribution in [0, 0.1) is 0 Å². The molecular weight excluding hydrogens is 260 g/mol. The molecule has 0 heterocycles. The molecule has 3 N–H and O–H groups in total. The predicted molar refractivity (Wildman–Crippen MR) is 85.9 cm³/mol. The molecule has 110 valence electrons. The van der Waals surface area contributed by atoms with E-state index >= 15 is 0 Å². The standard InChI is InChI=1S/C18H22N2O/c1-14(15-8-4-2-5-9-15)12-13-20-18(21)17(19)16-10-6-3-7-11-16/h2-11,14,17H,12-13,19H2,1H3,(H,20,21)/t14?,17-/m1/s1. The second-order valence-electron chi connectivity index (χ2n) is 5.28. The van der Waals surface area contributed by atoms with Crippen LogP contribution >= 0.6 is 0 Å². The molecule has 0 radical (unpaired) electrons. The SMILES string of the molecule is CC(CCNC(=O)[C@H](N)c1ccccc1)c1ccccc1. The molecule has 1 amide bonds. The largest absolute Gasteiger partial charge is 0.354 e. The number of amides is 1. The third-order valence-corrected chi connectivity index (χ3v) is 3.69. The van der Waals surface area contributed by atoms with Gasteiger partial charge in [-0.2, -0.15) is 0 Å². The number of hydrogen-bond acceptors (Lipinski definition) is 2. The van der Waals surface area contributed by atoms with Crippen molar-refractivity contribution in [1.29, 1.82) is 0 Å². The van der Waals surface area contributed by atoms with Crippen molar-refractivity contribution in [2.75, 3.05) is 6.54 Å². The van der Waals surface area contributed by atoms with E-state index in [1.54, 1.807) is 0 Å². The van der Waals surface area contributed by atoms with Gasteiger partial charge in [0, 0.05) is 6.54 Å². The summed E-state index contributed by atoms with van der Waals surface area (Å²) in [7, 11) is 0. The molecule has 0 aliphatic carbocycles. The van der Waals surface area contributed by atoms with E-state index in [1.807, 2.05) is 48.5 Å². The normalized spacial score (nSPS) is 13.4. The fraction of sp³-hybridized carbons (Fsp3) is 0.278. The van der Waals surface area contributed by atoms with Crippen LogP contribution in [0.2, 0.25) is 0 Å². The van der Waals surface area contributed by atoms with E-state index in [4.69, 9.17) is 5.73 Å². The van der Waals surface area contributed by atoms with Gasteiger partial charge in [0.15, 0.2) is 0 Å². The van der Waals surface area contributed by atoms with Gasteiger partial charge >= 0.3 is 0 Å². The molecule has 0 aliphatic rings. The quantitative estimate of drug-likeness (QED) is 0.855. The van der Waals surface area contributed by atoms with Gasteiger partial charge in [-0.05, 0) is 23.5 Å². The lowest BCUT2D eigenvalue weighted by molar-refractivity contribution is -0.122. The second-order valence-corrected chi connectivity index (χ2v) is 5.28. The molecule has 0 bridgehead atoms. The minimum atomic E-state index is -0.599. The van der Waals surface area contributed by atoms with Gasteiger partial charge < -0.3 is 11.1 Å². The monoisotopic (exact) mass is 282 g/mol. The number of nitrogens with one attached hydrogen (secondary N) is 1. The van der Waals surface area contributed by atoms with Crippen LogP contribution in [0.5, 0.6) is 0 Å². The number of carbonyl (C=O) groups is 1. The summed E-state index contributed by atoms with van der Waals surface area (Å²) in [5, 5.41) is 2.92. The molecule has 2 aromatic carbocycles. The summed E-state index contributed by atoms with van der Waals surface area (Å²) in [6.45, 7) is 2.80. The van der Waals surface area contributed by atoms with Crippen LogP contribution in [0.1, 0.15) is 36.4 Å². The smallest absolute Gasteiger partial charge is 0.241 e. The number of benzene rings is 2. The summed E-state index contributed by atoms with van der Waals surface area (Å²) in [6, 6.07) is 19.1. The fourth-order valence-electron chi connectivity index (χ4n) is 2.28. The van der Waals surface area contributed by atoms with Crippen molar-refractivity contribution < 1.29 is 4.79 Å². The second kappa shape index (κ2) is 7.60. The maximum atomic E-state index is 12.0. The highest BCUT2D eigenvalue weighted by molar-refractivity contribution is 5.82. The van der Waals surface area contributed by atoms with Crippen molar-refractivity contribution in [1.82, 2.24) is 5.32 Å². The highest BCUT2D eigenvalue weighted by atomic mass is 16.2. The first kappa shape index (κ1) is 15.3. The Morgan fingerprint density at radius 1 is 1.00 bits per heavy atom. The number of carbonyl (C=O) groups excluding carboxylic acids is 1. The molecule has 3 nitrogen and oxygen atoms in total. The van der Waals surface area contributed by atoms with Crippen molar-refractivity contribution in [3.05, 3.63) is 71.8 Å². The van der Waals surface area contributed by atoms with Crippen LogP contribution in [0.3, 0.4) is 0 Å². The number of rotatable bonds is 6. The first-order valence-corrected chi connectivity index (χ1v) is 7.31. The summed E-state index contributed by atoms with van der Waals surface area (Å²) < 4.78 is 0. The third kappa shape index (κ3) is 4.43. The first-order valence-electron chi connectivity index (χ1n) is 7.31. The Balaban J connectivity index is 1.79. The number of hydrogen-bond donors (Lipinski definition) is 2. The molecule has 0 fully saturated rings. The summed E-state index contributed by atoms with van der Waals surface area (Å²) in [6.07, 6.45) is 0.900. The predicted octanol–water partition coefficient (Wildman–Crippen LogP) is 3.00. The van der Waals surface area contributed by atoms with Gasteiger partial charge in [0.2, 0.25) is 5.91 Å². The van der Waals surface area contributed by atoms with E-state index in [9.17, 15) is 4.79 Å². The molecule has 2 rings (SSSR count). The molecule has 0 aromatic heterocycles. The average Bonchev–Trinajstić information content (AvgIpc) is 2.55. The highest BCUT2D eigenvalue weighted by Crippen LogP contribution is 2.17. The van der Waals surface area contributed by atoms with Crippen LogP contribution in [-0.4, -0.2) is 12.5 Å². The summed E-state index contributed by atoms with van der Waals surface area (Å²) in [4.78, 5) is 12.0. The molecule has 3 heteroatoms. The van der Waals surface area contributed by atoms with Crippen LogP contribution in [-0.2, 0) is 4.79 Å². The Kier molecular flexibility index (Phi) is 5.52. The maximum Gasteiger partial charge on any atom is 0.241 e. The molecule has 2 aromatic rings. The topological polar surface area (TPSA) is 55.1 Å². The molecule has 2 atom stereocenters. The molecule has 1 unspecified atom stereocenters. The molecule has 0 spiro atoms. The van der Waals surface area contributed by atoms with Crippen molar-refractivity contribution >= 4 is 5.91 Å². The Hall–Kier alpha value is -2.13. The van der Waals surface area contributed by atoms with Crippen molar-refractivity contribution in [2.24, 2.45) is 5.73 Å². The first-order chi connectivity index (χ1) is 10.2. The average molecular weight is 282 g/mol. The Morgan fingerprint density at radius 2 is 1.52 bits per heavy atom. The van der Waals surface area contributed by atoms with Crippen molar-refractivity contribution in [2.45, 2.75) is 25.3 Å². The molecule has 0 aliphatic heterocycles.